The Labute approximate surface area is 125 Å². The van der Waals surface area contributed by atoms with Gasteiger partial charge in [0.1, 0.15) is 5.82 Å². The zero-order chi connectivity index (χ0) is 14.9. The second kappa shape index (κ2) is 5.21. The standard InChI is InChI=1S/C14H13FN6O/c15-11-4-2-10(3-5-11)13-17-14(22-18-13)20-6-1-7-21-12(9-20)8-16-19-21/h2-5,8H,1,6-7,9H2. The van der Waals surface area contributed by atoms with Gasteiger partial charge in [-0.05, 0) is 30.7 Å². The third-order valence-electron chi connectivity index (χ3n) is 3.64. The van der Waals surface area contributed by atoms with Gasteiger partial charge < -0.3 is 9.42 Å². The van der Waals surface area contributed by atoms with E-state index in [1.807, 2.05) is 9.58 Å². The van der Waals surface area contributed by atoms with Crippen molar-refractivity contribution in [3.05, 3.63) is 42.0 Å². The Hall–Kier alpha value is -2.77. The lowest BCUT2D eigenvalue weighted by Crippen LogP contribution is -2.22. The van der Waals surface area contributed by atoms with Crippen LogP contribution in [0.2, 0.25) is 0 Å². The third kappa shape index (κ3) is 2.32. The molecule has 0 atom stereocenters. The highest BCUT2D eigenvalue weighted by atomic mass is 19.1. The first-order valence-corrected chi connectivity index (χ1v) is 7.01. The number of halogens is 1. The summed E-state index contributed by atoms with van der Waals surface area (Å²) in [7, 11) is 0. The van der Waals surface area contributed by atoms with Crippen molar-refractivity contribution < 1.29 is 8.91 Å². The van der Waals surface area contributed by atoms with Crippen LogP contribution in [-0.4, -0.2) is 31.7 Å². The van der Waals surface area contributed by atoms with Crippen LogP contribution in [0.1, 0.15) is 12.1 Å². The Bertz CT molecular complexity index is 781. The maximum atomic E-state index is 13.0. The van der Waals surface area contributed by atoms with Gasteiger partial charge in [0.05, 0.1) is 18.4 Å². The van der Waals surface area contributed by atoms with Gasteiger partial charge in [0.2, 0.25) is 5.82 Å². The molecule has 0 saturated carbocycles. The van der Waals surface area contributed by atoms with Crippen LogP contribution in [0.15, 0.2) is 35.0 Å². The van der Waals surface area contributed by atoms with Crippen LogP contribution in [0, 0.1) is 5.82 Å². The molecule has 4 rings (SSSR count). The van der Waals surface area contributed by atoms with Gasteiger partial charge in [0.25, 0.3) is 0 Å². The first-order valence-electron chi connectivity index (χ1n) is 7.01. The van der Waals surface area contributed by atoms with E-state index in [0.717, 1.165) is 30.8 Å². The highest BCUT2D eigenvalue weighted by Gasteiger charge is 2.20. The van der Waals surface area contributed by atoms with Gasteiger partial charge in [-0.25, -0.2) is 9.07 Å². The summed E-state index contributed by atoms with van der Waals surface area (Å²) in [6, 6.07) is 6.47. The quantitative estimate of drug-likeness (QED) is 0.719. The number of hydrogen-bond acceptors (Lipinski definition) is 6. The summed E-state index contributed by atoms with van der Waals surface area (Å²) in [5, 5.41) is 11.9. The molecule has 0 amide bonds. The summed E-state index contributed by atoms with van der Waals surface area (Å²) in [6.45, 7) is 2.25. The van der Waals surface area contributed by atoms with Gasteiger partial charge in [0.15, 0.2) is 0 Å². The fourth-order valence-corrected chi connectivity index (χ4v) is 2.50. The number of anilines is 1. The van der Waals surface area contributed by atoms with E-state index in [1.165, 1.54) is 12.1 Å². The normalized spacial score (nSPS) is 14.7. The Balaban J connectivity index is 1.60. The molecule has 3 aromatic rings. The molecule has 0 fully saturated rings. The van der Waals surface area contributed by atoms with Crippen molar-refractivity contribution in [2.75, 3.05) is 11.4 Å². The molecule has 0 N–H and O–H groups in total. The molecule has 0 bridgehead atoms. The number of fused-ring (bicyclic) bond motifs is 1. The topological polar surface area (TPSA) is 72.9 Å². The molecule has 1 aromatic carbocycles. The van der Waals surface area contributed by atoms with E-state index in [1.54, 1.807) is 18.3 Å². The third-order valence-corrected chi connectivity index (χ3v) is 3.64. The molecular weight excluding hydrogens is 287 g/mol. The first-order chi connectivity index (χ1) is 10.8. The van der Waals surface area contributed by atoms with Crippen molar-refractivity contribution >= 4 is 6.01 Å². The molecule has 0 saturated heterocycles. The lowest BCUT2D eigenvalue weighted by Gasteiger charge is -2.15. The average molecular weight is 300 g/mol. The SMILES string of the molecule is Fc1ccc(-c2noc(N3CCCn4nncc4C3)n2)cc1. The Morgan fingerprint density at radius 1 is 1.14 bits per heavy atom. The number of aromatic nitrogens is 5. The van der Waals surface area contributed by atoms with E-state index in [9.17, 15) is 4.39 Å². The van der Waals surface area contributed by atoms with Crippen LogP contribution in [0.25, 0.3) is 11.4 Å². The minimum atomic E-state index is -0.291. The average Bonchev–Trinajstić information content (AvgIpc) is 3.14. The molecule has 8 heteroatoms. The van der Waals surface area contributed by atoms with Gasteiger partial charge in [-0.15, -0.1) is 5.10 Å². The summed E-state index contributed by atoms with van der Waals surface area (Å²) in [5.74, 6) is 0.159. The Morgan fingerprint density at radius 3 is 2.86 bits per heavy atom. The van der Waals surface area contributed by atoms with Crippen LogP contribution in [0.3, 0.4) is 0 Å². The zero-order valence-corrected chi connectivity index (χ0v) is 11.7. The van der Waals surface area contributed by atoms with Crippen LogP contribution in [0.5, 0.6) is 0 Å². The molecule has 7 nitrogen and oxygen atoms in total. The van der Waals surface area contributed by atoms with Crippen LogP contribution in [-0.2, 0) is 13.1 Å². The second-order valence-corrected chi connectivity index (χ2v) is 5.13. The van der Waals surface area contributed by atoms with Gasteiger partial charge in [0, 0.05) is 18.7 Å². The fraction of sp³-hybridized carbons (Fsp3) is 0.286. The molecular formula is C14H13FN6O. The van der Waals surface area contributed by atoms with Crippen molar-refractivity contribution in [1.82, 2.24) is 25.1 Å². The summed E-state index contributed by atoms with van der Waals surface area (Å²) in [5.41, 5.74) is 1.73. The van der Waals surface area contributed by atoms with Gasteiger partial charge in [-0.1, -0.05) is 10.4 Å². The molecule has 22 heavy (non-hydrogen) atoms. The van der Waals surface area contributed by atoms with Crippen molar-refractivity contribution in [2.24, 2.45) is 0 Å². The van der Waals surface area contributed by atoms with Crippen molar-refractivity contribution in [3.63, 3.8) is 0 Å². The predicted molar refractivity (Wildman–Crippen MR) is 75.4 cm³/mol. The predicted octanol–water partition coefficient (Wildman–Crippen LogP) is 1.88. The number of aryl methyl sites for hydroxylation is 1. The minimum Gasteiger partial charge on any atom is -0.318 e. The Morgan fingerprint density at radius 2 is 2.00 bits per heavy atom. The largest absolute Gasteiger partial charge is 0.324 e. The molecule has 0 unspecified atom stereocenters. The van der Waals surface area contributed by atoms with Gasteiger partial charge in [-0.3, -0.25) is 0 Å². The molecule has 0 spiro atoms. The highest BCUT2D eigenvalue weighted by molar-refractivity contribution is 5.55. The maximum Gasteiger partial charge on any atom is 0.324 e. The smallest absolute Gasteiger partial charge is 0.318 e. The monoisotopic (exact) mass is 300 g/mol. The molecule has 0 radical (unpaired) electrons. The van der Waals surface area contributed by atoms with Gasteiger partial charge >= 0.3 is 6.01 Å². The van der Waals surface area contributed by atoms with Crippen LogP contribution in [0.4, 0.5) is 10.4 Å². The van der Waals surface area contributed by atoms with Crippen LogP contribution < -0.4 is 4.90 Å². The van der Waals surface area contributed by atoms with Crippen molar-refractivity contribution in [2.45, 2.75) is 19.5 Å². The zero-order valence-electron chi connectivity index (χ0n) is 11.7. The van der Waals surface area contributed by atoms with Crippen molar-refractivity contribution in [1.29, 1.82) is 0 Å². The van der Waals surface area contributed by atoms with E-state index in [4.69, 9.17) is 4.52 Å². The Kier molecular flexibility index (Phi) is 3.06. The molecule has 3 heterocycles. The van der Waals surface area contributed by atoms with Crippen LogP contribution >= 0.6 is 0 Å². The maximum absolute atomic E-state index is 13.0. The molecule has 1 aliphatic rings. The molecule has 1 aliphatic heterocycles. The summed E-state index contributed by atoms with van der Waals surface area (Å²) < 4.78 is 20.2. The van der Waals surface area contributed by atoms with E-state index in [2.05, 4.69) is 20.5 Å². The second-order valence-electron chi connectivity index (χ2n) is 5.13. The number of rotatable bonds is 2. The summed E-state index contributed by atoms with van der Waals surface area (Å²) in [6.07, 6.45) is 2.67. The lowest BCUT2D eigenvalue weighted by atomic mass is 10.2. The fourth-order valence-electron chi connectivity index (χ4n) is 2.50. The minimum absolute atomic E-state index is 0.291. The molecule has 0 aliphatic carbocycles. The van der Waals surface area contributed by atoms with E-state index >= 15 is 0 Å². The highest BCUT2D eigenvalue weighted by Crippen LogP contribution is 2.22. The summed E-state index contributed by atoms with van der Waals surface area (Å²) in [4.78, 5) is 6.41. The number of nitrogens with zero attached hydrogens (tertiary/aromatic N) is 6. The van der Waals surface area contributed by atoms with Crippen molar-refractivity contribution in [3.8, 4) is 11.4 Å². The summed E-state index contributed by atoms with van der Waals surface area (Å²) >= 11 is 0. The van der Waals surface area contributed by atoms with E-state index < -0.39 is 0 Å². The first kappa shape index (κ1) is 12.9. The number of benzene rings is 1. The number of hydrogen-bond donors (Lipinski definition) is 0. The van der Waals surface area contributed by atoms with E-state index in [0.29, 0.717) is 18.4 Å². The molecule has 112 valence electrons. The van der Waals surface area contributed by atoms with Gasteiger partial charge in [-0.2, -0.15) is 4.98 Å². The lowest BCUT2D eigenvalue weighted by molar-refractivity contribution is 0.413. The molecule has 2 aromatic heterocycles. The van der Waals surface area contributed by atoms with E-state index in [-0.39, 0.29) is 5.82 Å².